The summed E-state index contributed by atoms with van der Waals surface area (Å²) in [5.74, 6) is 0.0584. The van der Waals surface area contributed by atoms with Gasteiger partial charge in [0.1, 0.15) is 12.1 Å². The van der Waals surface area contributed by atoms with Gasteiger partial charge in [0.15, 0.2) is 5.82 Å². The van der Waals surface area contributed by atoms with Gasteiger partial charge in [0.25, 0.3) is 0 Å². The van der Waals surface area contributed by atoms with Crippen molar-refractivity contribution in [1.29, 1.82) is 0 Å². The van der Waals surface area contributed by atoms with Gasteiger partial charge in [-0.2, -0.15) is 5.10 Å². The number of aryl methyl sites for hydroxylation is 1. The van der Waals surface area contributed by atoms with Gasteiger partial charge in [-0.15, -0.1) is 0 Å². The fourth-order valence-corrected chi connectivity index (χ4v) is 1.68. The largest absolute Gasteiger partial charge is 0.255 e. The van der Waals surface area contributed by atoms with Crippen molar-refractivity contribution in [3.05, 3.63) is 34.8 Å². The molecule has 0 aliphatic carbocycles. The van der Waals surface area contributed by atoms with Gasteiger partial charge in [0, 0.05) is 11.5 Å². The molecule has 0 aliphatic heterocycles. The zero-order valence-corrected chi connectivity index (χ0v) is 8.99. The summed E-state index contributed by atoms with van der Waals surface area (Å²) in [6, 6.07) is 4.77. The fourth-order valence-electron chi connectivity index (χ4n) is 1.17. The van der Waals surface area contributed by atoms with Crippen molar-refractivity contribution < 1.29 is 4.39 Å². The number of halogens is 2. The molecule has 2 rings (SSSR count). The van der Waals surface area contributed by atoms with Crippen molar-refractivity contribution in [2.45, 2.75) is 0 Å². The minimum absolute atomic E-state index is 0.328. The molecule has 1 heterocycles. The fraction of sp³-hybridized carbons (Fsp3) is 0.111. The summed E-state index contributed by atoms with van der Waals surface area (Å²) in [4.78, 5) is 3.99. The van der Waals surface area contributed by atoms with Crippen LogP contribution in [-0.2, 0) is 7.05 Å². The molecule has 1 aromatic heterocycles. The van der Waals surface area contributed by atoms with Gasteiger partial charge in [0.05, 0.1) is 5.56 Å². The van der Waals surface area contributed by atoms with Gasteiger partial charge in [0.2, 0.25) is 0 Å². The van der Waals surface area contributed by atoms with E-state index in [0.717, 1.165) is 0 Å². The third kappa shape index (κ3) is 1.55. The van der Waals surface area contributed by atoms with Crippen LogP contribution in [0.15, 0.2) is 29.0 Å². The van der Waals surface area contributed by atoms with Crippen molar-refractivity contribution in [3.63, 3.8) is 0 Å². The average molecular weight is 256 g/mol. The van der Waals surface area contributed by atoms with E-state index in [1.165, 1.54) is 17.1 Å². The van der Waals surface area contributed by atoms with Crippen molar-refractivity contribution in [2.75, 3.05) is 0 Å². The van der Waals surface area contributed by atoms with Crippen LogP contribution in [0.25, 0.3) is 11.4 Å². The first-order valence-corrected chi connectivity index (χ1v) is 4.78. The van der Waals surface area contributed by atoms with E-state index >= 15 is 0 Å². The van der Waals surface area contributed by atoms with Crippen LogP contribution < -0.4 is 0 Å². The maximum Gasteiger partial charge on any atom is 0.185 e. The van der Waals surface area contributed by atoms with Crippen molar-refractivity contribution >= 4 is 15.9 Å². The quantitative estimate of drug-likeness (QED) is 0.784. The summed E-state index contributed by atoms with van der Waals surface area (Å²) in [6.45, 7) is 0. The molecule has 2 aromatic rings. The van der Waals surface area contributed by atoms with Crippen LogP contribution >= 0.6 is 15.9 Å². The van der Waals surface area contributed by atoms with E-state index in [1.54, 1.807) is 19.2 Å². The molecule has 72 valence electrons. The van der Waals surface area contributed by atoms with E-state index < -0.39 is 0 Å². The number of hydrogen-bond donors (Lipinski definition) is 0. The van der Waals surface area contributed by atoms with E-state index in [0.29, 0.717) is 15.9 Å². The maximum absolute atomic E-state index is 13.4. The molecule has 0 bridgehead atoms. The number of rotatable bonds is 1. The number of nitrogens with zero attached hydrogens (tertiary/aromatic N) is 3. The monoisotopic (exact) mass is 255 g/mol. The summed E-state index contributed by atoms with van der Waals surface area (Å²) in [6.07, 6.45) is 1.54. The molecule has 0 unspecified atom stereocenters. The number of benzene rings is 1. The molecule has 5 heteroatoms. The second-order valence-electron chi connectivity index (χ2n) is 2.84. The van der Waals surface area contributed by atoms with Gasteiger partial charge < -0.3 is 0 Å². The summed E-state index contributed by atoms with van der Waals surface area (Å²) in [5, 5.41) is 4.04. The van der Waals surface area contributed by atoms with Gasteiger partial charge >= 0.3 is 0 Å². The Hall–Kier alpha value is -1.23. The lowest BCUT2D eigenvalue weighted by Gasteiger charge is -2.00. The van der Waals surface area contributed by atoms with Crippen LogP contribution in [0.5, 0.6) is 0 Å². The van der Waals surface area contributed by atoms with E-state index in [-0.39, 0.29) is 5.82 Å². The third-order valence-electron chi connectivity index (χ3n) is 1.79. The Labute approximate surface area is 88.7 Å². The molecule has 0 saturated carbocycles. The molecule has 0 saturated heterocycles. The molecule has 0 spiro atoms. The Balaban J connectivity index is 2.61. The molecule has 1 aromatic carbocycles. The number of aromatic nitrogens is 3. The highest BCUT2D eigenvalue weighted by atomic mass is 79.9. The Morgan fingerprint density at radius 3 is 2.79 bits per heavy atom. The van der Waals surface area contributed by atoms with Crippen molar-refractivity contribution in [3.8, 4) is 11.4 Å². The lowest BCUT2D eigenvalue weighted by atomic mass is 10.2. The normalized spacial score (nSPS) is 10.5. The Morgan fingerprint density at radius 1 is 1.43 bits per heavy atom. The summed E-state index contributed by atoms with van der Waals surface area (Å²) in [7, 11) is 1.74. The third-order valence-corrected chi connectivity index (χ3v) is 2.45. The summed E-state index contributed by atoms with van der Waals surface area (Å²) >= 11 is 3.26. The van der Waals surface area contributed by atoms with Crippen molar-refractivity contribution in [1.82, 2.24) is 14.8 Å². The predicted octanol–water partition coefficient (Wildman–Crippen LogP) is 2.38. The minimum Gasteiger partial charge on any atom is -0.255 e. The van der Waals surface area contributed by atoms with Gasteiger partial charge in [-0.25, -0.2) is 9.37 Å². The molecule has 3 nitrogen and oxygen atoms in total. The standard InChI is InChI=1S/C9H7BrFN3/c1-14-5-12-9(13-14)8-6(10)3-2-4-7(8)11/h2-5H,1H3. The lowest BCUT2D eigenvalue weighted by Crippen LogP contribution is -1.91. The highest BCUT2D eigenvalue weighted by molar-refractivity contribution is 9.10. The molecule has 0 N–H and O–H groups in total. The summed E-state index contributed by atoms with van der Waals surface area (Å²) < 4.78 is 15.6. The van der Waals surface area contributed by atoms with E-state index in [1.807, 2.05) is 0 Å². The first kappa shape index (κ1) is 9.33. The Bertz CT molecular complexity index is 447. The van der Waals surface area contributed by atoms with Crippen LogP contribution in [-0.4, -0.2) is 14.8 Å². The molecule has 0 aliphatic rings. The molecule has 0 atom stereocenters. The van der Waals surface area contributed by atoms with Crippen molar-refractivity contribution in [2.24, 2.45) is 7.05 Å². The Kier molecular flexibility index (Phi) is 2.33. The van der Waals surface area contributed by atoms with Crippen LogP contribution in [0.3, 0.4) is 0 Å². The topological polar surface area (TPSA) is 30.7 Å². The summed E-state index contributed by atoms with van der Waals surface area (Å²) in [5.41, 5.74) is 0.396. The molecular weight excluding hydrogens is 249 g/mol. The predicted molar refractivity (Wildman–Crippen MR) is 54.1 cm³/mol. The molecular formula is C9H7BrFN3. The lowest BCUT2D eigenvalue weighted by molar-refractivity contribution is 0.628. The molecule has 14 heavy (non-hydrogen) atoms. The smallest absolute Gasteiger partial charge is 0.185 e. The van der Waals surface area contributed by atoms with Crippen LogP contribution in [0.1, 0.15) is 0 Å². The van der Waals surface area contributed by atoms with Crippen LogP contribution in [0.2, 0.25) is 0 Å². The molecule has 0 fully saturated rings. The highest BCUT2D eigenvalue weighted by Gasteiger charge is 2.12. The zero-order valence-electron chi connectivity index (χ0n) is 7.41. The van der Waals surface area contributed by atoms with Gasteiger partial charge in [-0.3, -0.25) is 4.68 Å². The maximum atomic E-state index is 13.4. The van der Waals surface area contributed by atoms with Crippen LogP contribution in [0.4, 0.5) is 4.39 Å². The first-order valence-electron chi connectivity index (χ1n) is 3.98. The minimum atomic E-state index is -0.328. The number of hydrogen-bond acceptors (Lipinski definition) is 2. The second-order valence-corrected chi connectivity index (χ2v) is 3.69. The zero-order chi connectivity index (χ0) is 10.1. The van der Waals surface area contributed by atoms with E-state index in [9.17, 15) is 4.39 Å². The van der Waals surface area contributed by atoms with Crippen LogP contribution in [0, 0.1) is 5.82 Å². The van der Waals surface area contributed by atoms with Gasteiger partial charge in [-0.05, 0) is 28.1 Å². The first-order chi connectivity index (χ1) is 6.68. The average Bonchev–Trinajstić information content (AvgIpc) is 2.51. The Morgan fingerprint density at radius 2 is 2.21 bits per heavy atom. The van der Waals surface area contributed by atoms with Gasteiger partial charge in [-0.1, -0.05) is 6.07 Å². The highest BCUT2D eigenvalue weighted by Crippen LogP contribution is 2.27. The van der Waals surface area contributed by atoms with E-state index in [4.69, 9.17) is 0 Å². The second kappa shape index (κ2) is 3.49. The molecule has 0 amide bonds. The van der Waals surface area contributed by atoms with E-state index in [2.05, 4.69) is 26.0 Å². The SMILES string of the molecule is Cn1cnc(-c2c(F)cccc2Br)n1. The molecule has 0 radical (unpaired) electrons.